The Morgan fingerprint density at radius 1 is 1.43 bits per heavy atom. The lowest BCUT2D eigenvalue weighted by Gasteiger charge is -2.35. The van der Waals surface area contributed by atoms with E-state index in [1.165, 1.54) is 0 Å². The molecule has 6 heteroatoms. The van der Waals surface area contributed by atoms with E-state index in [2.05, 4.69) is 15.9 Å². The molecule has 3 atom stereocenters. The first kappa shape index (κ1) is 16.7. The molecule has 1 aromatic rings. The smallest absolute Gasteiger partial charge is 0.410 e. The number of carbonyl (C=O) groups is 1. The molecule has 0 aliphatic carbocycles. The van der Waals surface area contributed by atoms with Crippen LogP contribution in [0.15, 0.2) is 30.3 Å². The van der Waals surface area contributed by atoms with Gasteiger partial charge in [-0.2, -0.15) is 0 Å². The van der Waals surface area contributed by atoms with Crippen LogP contribution in [-0.2, 0) is 20.8 Å². The van der Waals surface area contributed by atoms with Crippen LogP contribution in [0.5, 0.6) is 0 Å². The Bertz CT molecular complexity index is 535. The number of ether oxygens (including phenoxy) is 3. The number of nitrogens with zero attached hydrogens (tertiary/aromatic N) is 1. The second kappa shape index (κ2) is 7.20. The van der Waals surface area contributed by atoms with Crippen LogP contribution in [0.25, 0.3) is 0 Å². The van der Waals surface area contributed by atoms with Crippen LogP contribution in [0.2, 0.25) is 0 Å². The third-order valence-electron chi connectivity index (χ3n) is 4.62. The summed E-state index contributed by atoms with van der Waals surface area (Å²) in [6.45, 7) is 1.00. The number of amides is 1. The molecule has 2 aliphatic rings. The van der Waals surface area contributed by atoms with Crippen molar-refractivity contribution in [1.82, 2.24) is 4.90 Å². The first-order chi connectivity index (χ1) is 11.2. The lowest BCUT2D eigenvalue weighted by atomic mass is 9.97. The van der Waals surface area contributed by atoms with Crippen molar-refractivity contribution in [3.05, 3.63) is 35.9 Å². The van der Waals surface area contributed by atoms with Gasteiger partial charge in [0.05, 0.1) is 17.5 Å². The highest BCUT2D eigenvalue weighted by Crippen LogP contribution is 2.40. The van der Waals surface area contributed by atoms with Crippen molar-refractivity contribution in [2.24, 2.45) is 0 Å². The largest absolute Gasteiger partial charge is 0.445 e. The Morgan fingerprint density at radius 3 is 2.91 bits per heavy atom. The van der Waals surface area contributed by atoms with Crippen molar-refractivity contribution in [2.75, 3.05) is 19.0 Å². The summed E-state index contributed by atoms with van der Waals surface area (Å²) in [4.78, 5) is 14.3. The van der Waals surface area contributed by atoms with Gasteiger partial charge < -0.3 is 19.1 Å². The van der Waals surface area contributed by atoms with Gasteiger partial charge in [0.25, 0.3) is 0 Å². The average Bonchev–Trinajstić information content (AvgIpc) is 3.00. The van der Waals surface area contributed by atoms with Crippen LogP contribution in [-0.4, -0.2) is 47.9 Å². The number of benzene rings is 1. The first-order valence-corrected chi connectivity index (χ1v) is 9.06. The van der Waals surface area contributed by atoms with E-state index in [0.717, 1.165) is 18.4 Å². The number of halogens is 1. The van der Waals surface area contributed by atoms with Crippen molar-refractivity contribution in [2.45, 2.75) is 43.8 Å². The van der Waals surface area contributed by atoms with Crippen molar-refractivity contribution >= 4 is 22.0 Å². The van der Waals surface area contributed by atoms with E-state index in [-0.39, 0.29) is 18.2 Å². The molecule has 23 heavy (non-hydrogen) atoms. The van der Waals surface area contributed by atoms with Crippen molar-refractivity contribution in [3.63, 3.8) is 0 Å². The second-order valence-electron chi connectivity index (χ2n) is 6.05. The topological polar surface area (TPSA) is 48.0 Å². The number of methoxy groups -OCH3 is 1. The number of carbonyl (C=O) groups excluding carboxylic acids is 1. The Labute approximate surface area is 145 Å². The molecule has 2 fully saturated rings. The highest BCUT2D eigenvalue weighted by atomic mass is 79.9. The molecule has 126 valence electrons. The fourth-order valence-corrected chi connectivity index (χ4v) is 3.93. The van der Waals surface area contributed by atoms with Crippen LogP contribution in [0.3, 0.4) is 0 Å². The Morgan fingerprint density at radius 2 is 2.22 bits per heavy atom. The molecule has 0 N–H and O–H groups in total. The highest BCUT2D eigenvalue weighted by Gasteiger charge is 2.51. The number of fused-ring (bicyclic) bond motifs is 1. The number of hydrogen-bond donors (Lipinski definition) is 0. The minimum absolute atomic E-state index is 0.0181. The fourth-order valence-electron chi connectivity index (χ4n) is 3.34. The molecule has 0 aromatic heterocycles. The summed E-state index contributed by atoms with van der Waals surface area (Å²) in [5.41, 5.74) is 0.990. The standard InChI is InChI=1S/C17H22BrNO4/c1-21-17(12-18)10-14-15(23-17)8-5-9-19(14)16(20)22-11-13-6-3-2-4-7-13/h2-4,6-7,14-15H,5,8-12H2,1H3/t14-,15-,17?/m0/s1. The molecule has 0 saturated carbocycles. The molecule has 0 radical (unpaired) electrons. The van der Waals surface area contributed by atoms with Crippen molar-refractivity contribution in [1.29, 1.82) is 0 Å². The summed E-state index contributed by atoms with van der Waals surface area (Å²) >= 11 is 3.46. The van der Waals surface area contributed by atoms with Gasteiger partial charge in [-0.25, -0.2) is 4.79 Å². The number of hydrogen-bond acceptors (Lipinski definition) is 4. The van der Waals surface area contributed by atoms with E-state index < -0.39 is 5.79 Å². The van der Waals surface area contributed by atoms with Gasteiger partial charge in [-0.05, 0) is 18.4 Å². The van der Waals surface area contributed by atoms with Gasteiger partial charge >= 0.3 is 6.09 Å². The molecule has 0 bridgehead atoms. The SMILES string of the molecule is COC1(CBr)C[C@H]2[C@H](CCCN2C(=O)OCc2ccccc2)O1. The van der Waals surface area contributed by atoms with E-state index in [4.69, 9.17) is 14.2 Å². The molecule has 2 saturated heterocycles. The van der Waals surface area contributed by atoms with Gasteiger partial charge in [0.15, 0.2) is 5.79 Å². The van der Waals surface area contributed by atoms with Crippen LogP contribution in [0.4, 0.5) is 4.79 Å². The zero-order valence-corrected chi connectivity index (χ0v) is 14.8. The summed E-state index contributed by atoms with van der Waals surface area (Å²) in [6, 6.07) is 9.74. The van der Waals surface area contributed by atoms with Crippen LogP contribution >= 0.6 is 15.9 Å². The lowest BCUT2D eigenvalue weighted by molar-refractivity contribution is -0.196. The molecule has 0 spiro atoms. The number of likely N-dealkylation sites (tertiary alicyclic amines) is 1. The summed E-state index contributed by atoms with van der Waals surface area (Å²) in [6.07, 6.45) is 2.29. The van der Waals surface area contributed by atoms with E-state index >= 15 is 0 Å². The number of rotatable bonds is 4. The summed E-state index contributed by atoms with van der Waals surface area (Å²) < 4.78 is 17.1. The summed E-state index contributed by atoms with van der Waals surface area (Å²) in [7, 11) is 1.65. The normalized spacial score (nSPS) is 30.1. The van der Waals surface area contributed by atoms with Gasteiger partial charge in [-0.15, -0.1) is 0 Å². The Balaban J connectivity index is 1.64. The molecule has 5 nitrogen and oxygen atoms in total. The molecule has 1 aromatic carbocycles. The maximum atomic E-state index is 12.5. The second-order valence-corrected chi connectivity index (χ2v) is 6.61. The predicted octanol–water partition coefficient (Wildman–Crippen LogP) is 3.31. The third-order valence-corrected chi connectivity index (χ3v) is 5.47. The minimum Gasteiger partial charge on any atom is -0.445 e. The molecule has 2 heterocycles. The van der Waals surface area contributed by atoms with E-state index in [1.807, 2.05) is 30.3 Å². The van der Waals surface area contributed by atoms with Gasteiger partial charge in [0, 0.05) is 20.1 Å². The van der Waals surface area contributed by atoms with Gasteiger partial charge in [-0.3, -0.25) is 0 Å². The van der Waals surface area contributed by atoms with Gasteiger partial charge in [-0.1, -0.05) is 46.3 Å². The monoisotopic (exact) mass is 383 g/mol. The first-order valence-electron chi connectivity index (χ1n) is 7.94. The zero-order chi connectivity index (χ0) is 16.3. The summed E-state index contributed by atoms with van der Waals surface area (Å²) in [5, 5.41) is 0.594. The van der Waals surface area contributed by atoms with Crippen LogP contribution in [0.1, 0.15) is 24.8 Å². The Hall–Kier alpha value is -1.11. The molecular formula is C17H22BrNO4. The maximum Gasteiger partial charge on any atom is 0.410 e. The maximum absolute atomic E-state index is 12.5. The minimum atomic E-state index is -0.641. The van der Waals surface area contributed by atoms with Crippen molar-refractivity contribution in [3.8, 4) is 0 Å². The third kappa shape index (κ3) is 3.54. The average molecular weight is 384 g/mol. The number of alkyl halides is 1. The summed E-state index contributed by atoms with van der Waals surface area (Å²) in [5.74, 6) is -0.641. The molecule has 3 rings (SSSR count). The lowest BCUT2D eigenvalue weighted by Crippen LogP contribution is -2.49. The molecule has 1 unspecified atom stereocenters. The molecule has 1 amide bonds. The van der Waals surface area contributed by atoms with Crippen LogP contribution < -0.4 is 0 Å². The quantitative estimate of drug-likeness (QED) is 0.748. The van der Waals surface area contributed by atoms with Gasteiger partial charge in [0.2, 0.25) is 0 Å². The molecule has 2 aliphatic heterocycles. The fraction of sp³-hybridized carbons (Fsp3) is 0.588. The number of piperidine rings is 1. The van der Waals surface area contributed by atoms with Crippen molar-refractivity contribution < 1.29 is 19.0 Å². The highest BCUT2D eigenvalue weighted by molar-refractivity contribution is 9.09. The Kier molecular flexibility index (Phi) is 5.24. The molecular weight excluding hydrogens is 362 g/mol. The van der Waals surface area contributed by atoms with Crippen LogP contribution in [0, 0.1) is 0 Å². The zero-order valence-electron chi connectivity index (χ0n) is 13.2. The van der Waals surface area contributed by atoms with E-state index in [0.29, 0.717) is 24.9 Å². The van der Waals surface area contributed by atoms with Gasteiger partial charge in [0.1, 0.15) is 6.61 Å². The predicted molar refractivity (Wildman–Crippen MR) is 89.4 cm³/mol. The van der Waals surface area contributed by atoms with E-state index in [1.54, 1.807) is 12.0 Å². The van der Waals surface area contributed by atoms with E-state index in [9.17, 15) is 4.79 Å².